The second kappa shape index (κ2) is 14.1. The molecular weight excluding hydrogens is 906 g/mol. The van der Waals surface area contributed by atoms with Crippen LogP contribution in [0.2, 0.25) is 0 Å². The van der Waals surface area contributed by atoms with Crippen molar-refractivity contribution in [1.29, 1.82) is 0 Å². The fourth-order valence-corrected chi connectivity index (χ4v) is 13.6. The second-order valence-electron chi connectivity index (χ2n) is 20.2. The lowest BCUT2D eigenvalue weighted by Crippen LogP contribution is -2.57. The molecule has 0 fully saturated rings. The van der Waals surface area contributed by atoms with Crippen molar-refractivity contribution < 1.29 is 18.9 Å². The number of aromatic nitrogens is 2. The zero-order valence-electron chi connectivity index (χ0n) is 39.5. The van der Waals surface area contributed by atoms with E-state index in [1.165, 1.54) is 21.5 Å². The Bertz CT molecular complexity index is 4470. The summed E-state index contributed by atoms with van der Waals surface area (Å²) >= 11 is 0. The minimum atomic E-state index is -0.116. The van der Waals surface area contributed by atoms with E-state index in [1.54, 1.807) is 0 Å². The maximum Gasteiger partial charge on any atom is 0.260 e. The average Bonchev–Trinajstić information content (AvgIpc) is 4.04. The molecule has 0 spiro atoms. The van der Waals surface area contributed by atoms with Crippen molar-refractivity contribution in [3.05, 3.63) is 218 Å². The zero-order valence-corrected chi connectivity index (χ0v) is 39.5. The van der Waals surface area contributed by atoms with Gasteiger partial charge in [0.1, 0.15) is 46.0 Å². The van der Waals surface area contributed by atoms with Crippen molar-refractivity contribution in [1.82, 2.24) is 9.13 Å². The number of hydrogen-bond donors (Lipinski definition) is 0. The van der Waals surface area contributed by atoms with E-state index in [1.807, 2.05) is 0 Å². The van der Waals surface area contributed by atoms with Gasteiger partial charge in [0.25, 0.3) is 13.4 Å². The van der Waals surface area contributed by atoms with Crippen LogP contribution >= 0.6 is 0 Å². The number of fused-ring (bicyclic) bond motifs is 22. The van der Waals surface area contributed by atoms with Crippen LogP contribution in [0, 0.1) is 0 Å². The van der Waals surface area contributed by atoms with Crippen LogP contribution in [0.4, 0.5) is 0 Å². The van der Waals surface area contributed by atoms with Crippen LogP contribution in [-0.2, 0) is 0 Å². The van der Waals surface area contributed by atoms with Gasteiger partial charge < -0.3 is 28.1 Å². The number of hydrogen-bond acceptors (Lipinski definition) is 4. The number of benzene rings is 12. The van der Waals surface area contributed by atoms with Crippen LogP contribution in [0.25, 0.3) is 87.3 Å². The molecule has 8 heteroatoms. The van der Waals surface area contributed by atoms with Gasteiger partial charge in [0.15, 0.2) is 0 Å². The third-order valence-corrected chi connectivity index (χ3v) is 16.5. The lowest BCUT2D eigenvalue weighted by atomic mass is 9.34. The molecule has 0 aliphatic carbocycles. The van der Waals surface area contributed by atoms with Gasteiger partial charge in [0, 0.05) is 67.5 Å². The monoisotopic (exact) mass is 942 g/mol. The van der Waals surface area contributed by atoms with E-state index in [2.05, 4.69) is 228 Å². The SMILES string of the molecule is c1ccc2c(c1)Oc1cc(-n3c4ccccc4c4ccccc43)cc3c1B2c1ccc2c4ccc5c(c4c4ccccc4c2c1O3)Oc1cc(-n2c3ccccc3c3ccccc32)cc2c1B5c1ccccc1O2. The molecular formula is C66H36B2N2O4. The third-order valence-electron chi connectivity index (χ3n) is 16.5. The predicted molar refractivity (Wildman–Crippen MR) is 303 cm³/mol. The summed E-state index contributed by atoms with van der Waals surface area (Å²) in [6.45, 7) is -0.232. The molecule has 6 heterocycles. The van der Waals surface area contributed by atoms with E-state index in [-0.39, 0.29) is 13.4 Å². The Kier molecular flexibility index (Phi) is 7.41. The van der Waals surface area contributed by atoms with Gasteiger partial charge in [0.05, 0.1) is 33.4 Å². The first-order valence-electron chi connectivity index (χ1n) is 25.4. The van der Waals surface area contributed by atoms with Crippen LogP contribution in [0.3, 0.4) is 0 Å². The summed E-state index contributed by atoms with van der Waals surface area (Å²) in [5.41, 5.74) is 13.0. The molecule has 74 heavy (non-hydrogen) atoms. The third kappa shape index (κ3) is 4.97. The van der Waals surface area contributed by atoms with Crippen molar-refractivity contribution in [3.8, 4) is 57.4 Å². The lowest BCUT2D eigenvalue weighted by Gasteiger charge is -2.35. The van der Waals surface area contributed by atoms with Gasteiger partial charge >= 0.3 is 0 Å². The van der Waals surface area contributed by atoms with E-state index in [9.17, 15) is 0 Å². The Hall–Kier alpha value is -9.65. The van der Waals surface area contributed by atoms with Crippen LogP contribution < -0.4 is 51.7 Å². The molecule has 0 radical (unpaired) electrons. The summed E-state index contributed by atoms with van der Waals surface area (Å²) in [7, 11) is 0. The maximum absolute atomic E-state index is 7.49. The molecule has 2 aromatic heterocycles. The van der Waals surface area contributed by atoms with Gasteiger partial charge in [-0.25, -0.2) is 0 Å². The van der Waals surface area contributed by atoms with Crippen LogP contribution in [-0.4, -0.2) is 22.6 Å². The first-order chi connectivity index (χ1) is 36.7. The van der Waals surface area contributed by atoms with Crippen LogP contribution in [0.1, 0.15) is 0 Å². The van der Waals surface area contributed by atoms with Gasteiger partial charge in [-0.05, 0) is 79.8 Å². The van der Waals surface area contributed by atoms with Crippen molar-refractivity contribution >= 4 is 122 Å². The fraction of sp³-hybridized carbons (Fsp3) is 0. The summed E-state index contributed by atoms with van der Waals surface area (Å²) in [5, 5.41) is 11.4. The Labute approximate surface area is 423 Å². The number of ether oxygens (including phenoxy) is 4. The number of nitrogens with zero attached hydrogens (tertiary/aromatic N) is 2. The predicted octanol–water partition coefficient (Wildman–Crippen LogP) is 12.8. The quantitative estimate of drug-likeness (QED) is 0.128. The standard InChI is InChI=1S/C66H36B2N2O4/c1-2-20-44-43(19-1)61-45(29-31-49-65(61)73-59-35-37(33-57-63(59)67(49)47-21-7-13-27-55(47)71-57)69-51-23-9-3-15-39(51)40-16-4-10-24-52(40)69)46-30-32-50-66(62(44)46)74-60-36-38(34-58-64(60)68(50)48-22-8-14-28-56(48)72-58)70-53-25-11-5-17-41(53)42-18-6-12-26-54(42)70/h1-36H. The molecule has 340 valence electrons. The summed E-state index contributed by atoms with van der Waals surface area (Å²) in [6, 6.07) is 78.4. The highest BCUT2D eigenvalue weighted by Crippen LogP contribution is 2.49. The Morgan fingerprint density at radius 1 is 0.257 bits per heavy atom. The Morgan fingerprint density at radius 3 is 0.959 bits per heavy atom. The molecule has 12 aromatic carbocycles. The van der Waals surface area contributed by atoms with E-state index in [4.69, 9.17) is 18.9 Å². The van der Waals surface area contributed by atoms with Crippen molar-refractivity contribution in [2.45, 2.75) is 0 Å². The highest BCUT2D eigenvalue weighted by Gasteiger charge is 2.44. The molecule has 4 aliphatic heterocycles. The van der Waals surface area contributed by atoms with Gasteiger partial charge in [0.2, 0.25) is 0 Å². The minimum absolute atomic E-state index is 0.116. The van der Waals surface area contributed by atoms with Crippen LogP contribution in [0.5, 0.6) is 46.0 Å². The highest BCUT2D eigenvalue weighted by molar-refractivity contribution is 6.99. The maximum atomic E-state index is 7.49. The normalized spacial score (nSPS) is 13.5. The number of rotatable bonds is 2. The largest absolute Gasteiger partial charge is 0.458 e. The van der Waals surface area contributed by atoms with Crippen molar-refractivity contribution in [2.24, 2.45) is 0 Å². The van der Waals surface area contributed by atoms with E-state index >= 15 is 0 Å². The van der Waals surface area contributed by atoms with Crippen molar-refractivity contribution in [2.75, 3.05) is 0 Å². The molecule has 0 saturated carbocycles. The molecule has 0 unspecified atom stereocenters. The Balaban J connectivity index is 0.886. The number of para-hydroxylation sites is 6. The fourth-order valence-electron chi connectivity index (χ4n) is 13.6. The Morgan fingerprint density at radius 2 is 0.568 bits per heavy atom. The zero-order chi connectivity index (χ0) is 47.9. The summed E-state index contributed by atoms with van der Waals surface area (Å²) in [5.74, 6) is 6.64. The molecule has 0 atom stereocenters. The lowest BCUT2D eigenvalue weighted by molar-refractivity contribution is 0.466. The van der Waals surface area contributed by atoms with Crippen molar-refractivity contribution in [3.63, 3.8) is 0 Å². The smallest absolute Gasteiger partial charge is 0.260 e. The molecule has 0 amide bonds. The average molecular weight is 943 g/mol. The molecule has 4 aliphatic rings. The summed E-state index contributed by atoms with van der Waals surface area (Å²) in [6.07, 6.45) is 0. The first kappa shape index (κ1) is 39.0. The first-order valence-corrected chi connectivity index (χ1v) is 25.4. The van der Waals surface area contributed by atoms with Crippen LogP contribution in [0.15, 0.2) is 218 Å². The van der Waals surface area contributed by atoms with Gasteiger partial charge in [-0.1, -0.05) is 158 Å². The summed E-state index contributed by atoms with van der Waals surface area (Å²) in [4.78, 5) is 0. The molecule has 0 saturated heterocycles. The molecule has 14 aromatic rings. The minimum Gasteiger partial charge on any atom is -0.458 e. The van der Waals surface area contributed by atoms with Gasteiger partial charge in [-0.3, -0.25) is 0 Å². The molecule has 18 rings (SSSR count). The molecule has 0 N–H and O–H groups in total. The van der Waals surface area contributed by atoms with Gasteiger partial charge in [-0.15, -0.1) is 0 Å². The molecule has 6 nitrogen and oxygen atoms in total. The highest BCUT2D eigenvalue weighted by atomic mass is 16.5. The topological polar surface area (TPSA) is 46.8 Å². The van der Waals surface area contributed by atoms with Gasteiger partial charge in [-0.2, -0.15) is 0 Å². The van der Waals surface area contributed by atoms with E-state index in [0.29, 0.717) is 0 Å². The second-order valence-corrected chi connectivity index (χ2v) is 20.2. The summed E-state index contributed by atoms with van der Waals surface area (Å²) < 4.78 is 33.5. The molecule has 0 bridgehead atoms. The van der Waals surface area contributed by atoms with E-state index < -0.39 is 0 Å². The van der Waals surface area contributed by atoms with E-state index in [0.717, 1.165) is 145 Å².